The van der Waals surface area contributed by atoms with E-state index in [1.165, 1.54) is 24.4 Å². The monoisotopic (exact) mass is 267 g/mol. The molecule has 18 heavy (non-hydrogen) atoms. The molecule has 1 aromatic rings. The van der Waals surface area contributed by atoms with Crippen LogP contribution in [0.25, 0.3) is 0 Å². The van der Waals surface area contributed by atoms with Gasteiger partial charge in [-0.3, -0.25) is 4.90 Å². The minimum atomic E-state index is 0.0719. The average molecular weight is 267 g/mol. The summed E-state index contributed by atoms with van der Waals surface area (Å²) in [5, 5.41) is 3.27. The Hall–Kier alpha value is -0.490. The van der Waals surface area contributed by atoms with E-state index in [0.717, 1.165) is 32.8 Å². The maximum absolute atomic E-state index is 6.13. The number of thiazole rings is 1. The first-order valence-electron chi connectivity index (χ1n) is 6.69. The zero-order valence-corrected chi connectivity index (χ0v) is 11.8. The third-order valence-corrected chi connectivity index (χ3v) is 4.66. The molecule has 1 aromatic heterocycles. The van der Waals surface area contributed by atoms with E-state index >= 15 is 0 Å². The number of piperidine rings is 1. The van der Waals surface area contributed by atoms with Gasteiger partial charge < -0.3 is 9.64 Å². The topological polar surface area (TPSA) is 28.6 Å². The van der Waals surface area contributed by atoms with Gasteiger partial charge in [0.05, 0.1) is 18.8 Å². The van der Waals surface area contributed by atoms with Crippen LogP contribution in [0.1, 0.15) is 17.8 Å². The van der Waals surface area contributed by atoms with Gasteiger partial charge in [-0.1, -0.05) is 0 Å². The van der Waals surface area contributed by atoms with Crippen LogP contribution in [0.5, 0.6) is 0 Å². The second-order valence-corrected chi connectivity index (χ2v) is 6.49. The molecule has 0 N–H and O–H groups in total. The van der Waals surface area contributed by atoms with Gasteiger partial charge in [0, 0.05) is 31.2 Å². The normalized spacial score (nSPS) is 30.9. The summed E-state index contributed by atoms with van der Waals surface area (Å²) in [6.07, 6.45) is 4.35. The van der Waals surface area contributed by atoms with E-state index in [1.807, 2.05) is 6.20 Å². The standard InChI is InChI=1S/C13H21N3OS/c1-15-5-2-3-13(10-15)11-16(6-7-17-13)9-12-14-4-8-18-12/h4,8H,2-3,5-7,9-11H2,1H3. The van der Waals surface area contributed by atoms with Crippen LogP contribution in [0.2, 0.25) is 0 Å². The maximum Gasteiger partial charge on any atom is 0.107 e. The van der Waals surface area contributed by atoms with E-state index in [0.29, 0.717) is 0 Å². The number of hydrogen-bond donors (Lipinski definition) is 0. The highest BCUT2D eigenvalue weighted by Crippen LogP contribution is 2.29. The first-order valence-corrected chi connectivity index (χ1v) is 7.57. The fourth-order valence-corrected chi connectivity index (χ4v) is 3.81. The molecular formula is C13H21N3OS. The van der Waals surface area contributed by atoms with Crippen molar-refractivity contribution in [2.24, 2.45) is 0 Å². The van der Waals surface area contributed by atoms with Crippen LogP contribution >= 0.6 is 11.3 Å². The molecule has 0 radical (unpaired) electrons. The van der Waals surface area contributed by atoms with E-state index in [2.05, 4.69) is 27.2 Å². The molecule has 1 spiro atoms. The van der Waals surface area contributed by atoms with Crippen LogP contribution in [0, 0.1) is 0 Å². The summed E-state index contributed by atoms with van der Waals surface area (Å²) in [6.45, 7) is 6.20. The number of hydrogen-bond acceptors (Lipinski definition) is 5. The highest BCUT2D eigenvalue weighted by Gasteiger charge is 2.39. The molecule has 3 rings (SSSR count). The molecule has 1 atom stereocenters. The zero-order valence-electron chi connectivity index (χ0n) is 11.0. The highest BCUT2D eigenvalue weighted by molar-refractivity contribution is 7.09. The second kappa shape index (κ2) is 5.25. The first kappa shape index (κ1) is 12.5. The molecule has 1 unspecified atom stereocenters. The van der Waals surface area contributed by atoms with Gasteiger partial charge in [-0.05, 0) is 26.4 Å². The third kappa shape index (κ3) is 2.74. The van der Waals surface area contributed by atoms with Crippen LogP contribution < -0.4 is 0 Å². The van der Waals surface area contributed by atoms with Crippen molar-refractivity contribution < 1.29 is 4.74 Å². The number of aromatic nitrogens is 1. The Balaban J connectivity index is 1.64. The Kier molecular flexibility index (Phi) is 3.66. The lowest BCUT2D eigenvalue weighted by atomic mass is 9.91. The lowest BCUT2D eigenvalue weighted by Gasteiger charge is -2.47. The van der Waals surface area contributed by atoms with Crippen molar-refractivity contribution in [1.29, 1.82) is 0 Å². The number of likely N-dealkylation sites (tertiary alicyclic amines) is 1. The summed E-state index contributed by atoms with van der Waals surface area (Å²) in [5.41, 5.74) is 0.0719. The molecule has 100 valence electrons. The first-order chi connectivity index (χ1) is 8.76. The minimum Gasteiger partial charge on any atom is -0.371 e. The lowest BCUT2D eigenvalue weighted by Crippen LogP contribution is -2.58. The molecule has 2 saturated heterocycles. The Labute approximate surface area is 113 Å². The molecule has 2 aliphatic rings. The smallest absolute Gasteiger partial charge is 0.107 e. The van der Waals surface area contributed by atoms with E-state index in [4.69, 9.17) is 4.74 Å². The van der Waals surface area contributed by atoms with Crippen molar-refractivity contribution in [3.8, 4) is 0 Å². The number of nitrogens with zero attached hydrogens (tertiary/aromatic N) is 3. The average Bonchev–Trinajstić information content (AvgIpc) is 2.81. The van der Waals surface area contributed by atoms with Gasteiger partial charge in [-0.25, -0.2) is 4.98 Å². The highest BCUT2D eigenvalue weighted by atomic mass is 32.1. The van der Waals surface area contributed by atoms with Gasteiger partial charge in [0.15, 0.2) is 0 Å². The SMILES string of the molecule is CN1CCCC2(C1)CN(Cc1nccs1)CCO2. The fourth-order valence-electron chi connectivity index (χ4n) is 3.15. The Bertz CT molecular complexity index is 380. The number of rotatable bonds is 2. The molecule has 0 bridgehead atoms. The van der Waals surface area contributed by atoms with Crippen molar-refractivity contribution in [3.63, 3.8) is 0 Å². The zero-order chi connectivity index (χ0) is 12.4. The van der Waals surface area contributed by atoms with Crippen LogP contribution in [-0.4, -0.2) is 60.2 Å². The molecule has 0 saturated carbocycles. The Morgan fingerprint density at radius 2 is 2.39 bits per heavy atom. The van der Waals surface area contributed by atoms with Crippen molar-refractivity contribution in [2.75, 3.05) is 39.8 Å². The molecule has 4 nitrogen and oxygen atoms in total. The van der Waals surface area contributed by atoms with Crippen molar-refractivity contribution in [1.82, 2.24) is 14.8 Å². The molecule has 2 aliphatic heterocycles. The number of likely N-dealkylation sites (N-methyl/N-ethyl adjacent to an activating group) is 1. The number of ether oxygens (including phenoxy) is 1. The van der Waals surface area contributed by atoms with Gasteiger partial charge in [0.1, 0.15) is 5.01 Å². The van der Waals surface area contributed by atoms with Gasteiger partial charge in [-0.15, -0.1) is 11.3 Å². The van der Waals surface area contributed by atoms with Gasteiger partial charge >= 0.3 is 0 Å². The van der Waals surface area contributed by atoms with Gasteiger partial charge in [-0.2, -0.15) is 0 Å². The molecular weight excluding hydrogens is 246 g/mol. The largest absolute Gasteiger partial charge is 0.371 e. The van der Waals surface area contributed by atoms with Crippen LogP contribution in [0.15, 0.2) is 11.6 Å². The Morgan fingerprint density at radius 1 is 1.44 bits per heavy atom. The summed E-state index contributed by atoms with van der Waals surface area (Å²) in [7, 11) is 2.20. The quantitative estimate of drug-likeness (QED) is 0.811. The molecule has 2 fully saturated rings. The Morgan fingerprint density at radius 3 is 3.17 bits per heavy atom. The van der Waals surface area contributed by atoms with Gasteiger partial charge in [0.25, 0.3) is 0 Å². The maximum atomic E-state index is 6.13. The van der Waals surface area contributed by atoms with Crippen molar-refractivity contribution in [2.45, 2.75) is 25.0 Å². The summed E-state index contributed by atoms with van der Waals surface area (Å²) in [4.78, 5) is 9.29. The second-order valence-electron chi connectivity index (χ2n) is 5.51. The predicted molar refractivity (Wildman–Crippen MR) is 72.8 cm³/mol. The lowest BCUT2D eigenvalue weighted by molar-refractivity contribution is -0.138. The minimum absolute atomic E-state index is 0.0719. The molecule has 0 amide bonds. The van der Waals surface area contributed by atoms with Crippen molar-refractivity contribution in [3.05, 3.63) is 16.6 Å². The summed E-state index contributed by atoms with van der Waals surface area (Å²) < 4.78 is 6.13. The van der Waals surface area contributed by atoms with Crippen molar-refractivity contribution >= 4 is 11.3 Å². The summed E-state index contributed by atoms with van der Waals surface area (Å²) in [5.74, 6) is 0. The van der Waals surface area contributed by atoms with Crippen LogP contribution in [-0.2, 0) is 11.3 Å². The van der Waals surface area contributed by atoms with E-state index in [-0.39, 0.29) is 5.60 Å². The predicted octanol–water partition coefficient (Wildman–Crippen LogP) is 1.44. The molecule has 0 aromatic carbocycles. The van der Waals surface area contributed by atoms with E-state index in [9.17, 15) is 0 Å². The molecule has 5 heteroatoms. The molecule has 0 aliphatic carbocycles. The van der Waals surface area contributed by atoms with Crippen LogP contribution in [0.3, 0.4) is 0 Å². The van der Waals surface area contributed by atoms with Gasteiger partial charge in [0.2, 0.25) is 0 Å². The van der Waals surface area contributed by atoms with E-state index < -0.39 is 0 Å². The van der Waals surface area contributed by atoms with E-state index in [1.54, 1.807) is 11.3 Å². The fraction of sp³-hybridized carbons (Fsp3) is 0.769. The summed E-state index contributed by atoms with van der Waals surface area (Å²) in [6, 6.07) is 0. The third-order valence-electron chi connectivity index (χ3n) is 3.90. The molecule has 3 heterocycles. The van der Waals surface area contributed by atoms with Crippen LogP contribution in [0.4, 0.5) is 0 Å². The summed E-state index contributed by atoms with van der Waals surface area (Å²) >= 11 is 1.75. The number of morpholine rings is 1.